The molecule has 238 valence electrons. The number of carbonyl (C=O) groups is 1. The third-order valence-corrected chi connectivity index (χ3v) is 7.13. The minimum atomic E-state index is -2.03. The van der Waals surface area contributed by atoms with Crippen molar-refractivity contribution in [2.75, 3.05) is 41.2 Å². The normalized spacial score (nSPS) is 30.5. The van der Waals surface area contributed by atoms with Crippen LogP contribution in [-0.2, 0) is 25.6 Å². The highest BCUT2D eigenvalue weighted by atomic mass is 16.7. The Labute approximate surface area is 246 Å². The standard InChI is InChI=1S/C28H36O15/c1-36-16-7-5-15(9-19(16)38-3)25(34)40-12-28(35)13-41-27(24(28)33)39-11-20-21(30)22(31)23(32)26(43-20)42-17-6-4-14(10-29)8-18(17)37-2/h4-9,20-24,26-27,29-33,35H,10-13H2,1-3H3. The summed E-state index contributed by atoms with van der Waals surface area (Å²) in [7, 11) is 4.23. The fraction of sp³-hybridized carbons (Fsp3) is 0.536. The maximum atomic E-state index is 12.6. The van der Waals surface area contributed by atoms with Crippen molar-refractivity contribution in [1.82, 2.24) is 0 Å². The summed E-state index contributed by atoms with van der Waals surface area (Å²) in [5.74, 6) is 0.259. The predicted octanol–water partition coefficient (Wildman–Crippen LogP) is -1.29. The molecule has 8 unspecified atom stereocenters. The Bertz CT molecular complexity index is 1240. The number of aliphatic hydroxyl groups is 6. The number of aliphatic hydroxyl groups excluding tert-OH is 5. The number of ether oxygens (including phenoxy) is 8. The molecule has 0 spiro atoms. The molecule has 2 aromatic rings. The lowest BCUT2D eigenvalue weighted by atomic mass is 9.99. The van der Waals surface area contributed by atoms with Crippen molar-refractivity contribution >= 4 is 5.97 Å². The highest BCUT2D eigenvalue weighted by Crippen LogP contribution is 2.33. The van der Waals surface area contributed by atoms with E-state index in [9.17, 15) is 35.4 Å². The van der Waals surface area contributed by atoms with E-state index in [0.717, 1.165) is 0 Å². The average Bonchev–Trinajstić information content (AvgIpc) is 3.31. The van der Waals surface area contributed by atoms with E-state index in [1.54, 1.807) is 6.07 Å². The Morgan fingerprint density at radius 1 is 0.884 bits per heavy atom. The molecule has 15 heteroatoms. The van der Waals surface area contributed by atoms with Gasteiger partial charge in [-0.2, -0.15) is 0 Å². The minimum absolute atomic E-state index is 0.116. The summed E-state index contributed by atoms with van der Waals surface area (Å²) in [6.07, 6.45) is -10.8. The number of hydrogen-bond donors (Lipinski definition) is 6. The van der Waals surface area contributed by atoms with Gasteiger partial charge < -0.3 is 68.5 Å². The maximum absolute atomic E-state index is 12.6. The molecule has 15 nitrogen and oxygen atoms in total. The number of esters is 1. The van der Waals surface area contributed by atoms with Crippen molar-refractivity contribution in [2.24, 2.45) is 0 Å². The fourth-order valence-corrected chi connectivity index (χ4v) is 4.53. The Morgan fingerprint density at radius 3 is 2.23 bits per heavy atom. The van der Waals surface area contributed by atoms with Gasteiger partial charge in [0.05, 0.1) is 46.7 Å². The summed E-state index contributed by atoms with van der Waals surface area (Å²) in [5.41, 5.74) is -1.37. The van der Waals surface area contributed by atoms with Crippen LogP contribution < -0.4 is 18.9 Å². The molecule has 0 aliphatic carbocycles. The molecule has 2 aliphatic rings. The summed E-state index contributed by atoms with van der Waals surface area (Å²) < 4.78 is 43.0. The van der Waals surface area contributed by atoms with Crippen molar-refractivity contribution in [3.8, 4) is 23.0 Å². The van der Waals surface area contributed by atoms with Crippen LogP contribution in [0.2, 0.25) is 0 Å². The summed E-state index contributed by atoms with van der Waals surface area (Å²) >= 11 is 0. The van der Waals surface area contributed by atoms with Gasteiger partial charge in [0.1, 0.15) is 37.1 Å². The molecule has 2 fully saturated rings. The van der Waals surface area contributed by atoms with Crippen LogP contribution in [0.3, 0.4) is 0 Å². The molecule has 2 aromatic carbocycles. The predicted molar refractivity (Wildman–Crippen MR) is 143 cm³/mol. The molecular weight excluding hydrogens is 576 g/mol. The second-order valence-electron chi connectivity index (χ2n) is 9.98. The van der Waals surface area contributed by atoms with Gasteiger partial charge >= 0.3 is 5.97 Å². The van der Waals surface area contributed by atoms with E-state index in [2.05, 4.69) is 0 Å². The van der Waals surface area contributed by atoms with Crippen LogP contribution >= 0.6 is 0 Å². The van der Waals surface area contributed by atoms with Crippen LogP contribution in [0.25, 0.3) is 0 Å². The van der Waals surface area contributed by atoms with Gasteiger partial charge in [-0.15, -0.1) is 0 Å². The van der Waals surface area contributed by atoms with Crippen molar-refractivity contribution in [3.63, 3.8) is 0 Å². The average molecular weight is 613 g/mol. The summed E-state index contributed by atoms with van der Waals surface area (Å²) in [5, 5.41) is 62.3. The third kappa shape index (κ3) is 7.12. The second kappa shape index (κ2) is 14.0. The molecule has 0 aromatic heterocycles. The van der Waals surface area contributed by atoms with Crippen LogP contribution in [0.15, 0.2) is 36.4 Å². The van der Waals surface area contributed by atoms with E-state index < -0.39 is 74.5 Å². The fourth-order valence-electron chi connectivity index (χ4n) is 4.53. The van der Waals surface area contributed by atoms with E-state index in [0.29, 0.717) is 17.1 Å². The molecule has 0 amide bonds. The lowest BCUT2D eigenvalue weighted by molar-refractivity contribution is -0.289. The molecule has 2 saturated heterocycles. The molecule has 4 rings (SSSR count). The Balaban J connectivity index is 1.34. The van der Waals surface area contributed by atoms with E-state index in [-0.39, 0.29) is 23.7 Å². The van der Waals surface area contributed by atoms with Gasteiger partial charge in [-0.25, -0.2) is 4.79 Å². The first-order chi connectivity index (χ1) is 20.5. The van der Waals surface area contributed by atoms with E-state index in [1.807, 2.05) is 0 Å². The first-order valence-corrected chi connectivity index (χ1v) is 13.2. The summed E-state index contributed by atoms with van der Waals surface area (Å²) in [6.45, 7) is -1.80. The molecule has 0 bridgehead atoms. The van der Waals surface area contributed by atoms with E-state index in [1.165, 1.54) is 51.7 Å². The van der Waals surface area contributed by atoms with Crippen molar-refractivity contribution in [1.29, 1.82) is 0 Å². The van der Waals surface area contributed by atoms with Gasteiger partial charge in [0.2, 0.25) is 6.29 Å². The molecule has 6 N–H and O–H groups in total. The molecular formula is C28H36O15. The zero-order valence-corrected chi connectivity index (χ0v) is 23.7. The number of methoxy groups -OCH3 is 3. The summed E-state index contributed by atoms with van der Waals surface area (Å²) in [4.78, 5) is 12.6. The second-order valence-corrected chi connectivity index (χ2v) is 9.98. The number of carbonyl (C=O) groups excluding carboxylic acids is 1. The van der Waals surface area contributed by atoms with E-state index >= 15 is 0 Å². The van der Waals surface area contributed by atoms with E-state index in [4.69, 9.17) is 37.9 Å². The zero-order valence-electron chi connectivity index (χ0n) is 23.7. The minimum Gasteiger partial charge on any atom is -0.493 e. The van der Waals surface area contributed by atoms with Crippen LogP contribution in [-0.4, -0.2) is 126 Å². The Hall–Kier alpha value is -3.25. The SMILES string of the molecule is COc1ccc(C(=O)OCC2(O)COC(OCC3OC(Oc4ccc(CO)cc4OC)C(O)C(O)C3O)C2O)cc1OC. The monoisotopic (exact) mass is 612 g/mol. The first kappa shape index (κ1) is 32.7. The van der Waals surface area contributed by atoms with Crippen LogP contribution in [0.5, 0.6) is 23.0 Å². The first-order valence-electron chi connectivity index (χ1n) is 13.2. The molecule has 0 saturated carbocycles. The topological polar surface area (TPSA) is 212 Å². The lowest BCUT2D eigenvalue weighted by Crippen LogP contribution is -2.60. The Kier molecular flexibility index (Phi) is 10.7. The number of rotatable bonds is 12. The van der Waals surface area contributed by atoms with Crippen LogP contribution in [0.1, 0.15) is 15.9 Å². The van der Waals surface area contributed by atoms with Gasteiger partial charge in [0, 0.05) is 0 Å². The van der Waals surface area contributed by atoms with Crippen molar-refractivity contribution < 1.29 is 73.3 Å². The molecule has 43 heavy (non-hydrogen) atoms. The lowest BCUT2D eigenvalue weighted by Gasteiger charge is -2.40. The largest absolute Gasteiger partial charge is 0.493 e. The van der Waals surface area contributed by atoms with Crippen LogP contribution in [0.4, 0.5) is 0 Å². The smallest absolute Gasteiger partial charge is 0.338 e. The molecule has 2 heterocycles. The summed E-state index contributed by atoms with van der Waals surface area (Å²) in [6, 6.07) is 8.91. The highest BCUT2D eigenvalue weighted by Gasteiger charge is 2.51. The molecule has 0 radical (unpaired) electrons. The van der Waals surface area contributed by atoms with Crippen molar-refractivity contribution in [2.45, 2.75) is 55.3 Å². The number of hydrogen-bond acceptors (Lipinski definition) is 15. The maximum Gasteiger partial charge on any atom is 0.338 e. The van der Waals surface area contributed by atoms with Gasteiger partial charge in [-0.1, -0.05) is 6.07 Å². The number of benzene rings is 2. The molecule has 8 atom stereocenters. The van der Waals surface area contributed by atoms with Crippen molar-refractivity contribution in [3.05, 3.63) is 47.5 Å². The van der Waals surface area contributed by atoms with Crippen LogP contribution in [0, 0.1) is 0 Å². The zero-order chi connectivity index (χ0) is 31.3. The Morgan fingerprint density at radius 2 is 1.56 bits per heavy atom. The molecule has 2 aliphatic heterocycles. The van der Waals surface area contributed by atoms with Gasteiger partial charge in [0.25, 0.3) is 0 Å². The van der Waals surface area contributed by atoms with Gasteiger partial charge in [-0.3, -0.25) is 0 Å². The highest BCUT2D eigenvalue weighted by molar-refractivity contribution is 5.90. The third-order valence-electron chi connectivity index (χ3n) is 7.13. The van der Waals surface area contributed by atoms with Gasteiger partial charge in [0.15, 0.2) is 34.9 Å². The van der Waals surface area contributed by atoms with Gasteiger partial charge in [-0.05, 0) is 35.9 Å². The quantitative estimate of drug-likeness (QED) is 0.154.